The molecule has 162 valence electrons. The topological polar surface area (TPSA) is 107 Å². The second kappa shape index (κ2) is 9.91. The van der Waals surface area contributed by atoms with Gasteiger partial charge in [-0.15, -0.1) is 0 Å². The SMILES string of the molecule is COc1cc(F)ccc1[C@@H](C)[C@@H](C)OC(=O)[C@H](C)NC(=O)c1nccc(OC)c1O. The number of nitrogens with zero attached hydrogens (tertiary/aromatic N) is 1. The van der Waals surface area contributed by atoms with E-state index < -0.39 is 35.6 Å². The van der Waals surface area contributed by atoms with E-state index in [2.05, 4.69) is 10.3 Å². The van der Waals surface area contributed by atoms with Crippen LogP contribution in [0.5, 0.6) is 17.2 Å². The second-order valence-corrected chi connectivity index (χ2v) is 6.72. The van der Waals surface area contributed by atoms with Gasteiger partial charge < -0.3 is 24.6 Å². The van der Waals surface area contributed by atoms with Gasteiger partial charge in [-0.1, -0.05) is 13.0 Å². The lowest BCUT2D eigenvalue weighted by Gasteiger charge is -2.24. The molecule has 0 aliphatic heterocycles. The van der Waals surface area contributed by atoms with Crippen molar-refractivity contribution in [3.8, 4) is 17.2 Å². The number of esters is 1. The van der Waals surface area contributed by atoms with Gasteiger partial charge >= 0.3 is 5.97 Å². The van der Waals surface area contributed by atoms with Crippen molar-refractivity contribution in [3.05, 3.63) is 47.5 Å². The summed E-state index contributed by atoms with van der Waals surface area (Å²) in [4.78, 5) is 28.6. The fourth-order valence-corrected chi connectivity index (χ4v) is 2.79. The Morgan fingerprint density at radius 3 is 2.40 bits per heavy atom. The molecule has 0 fully saturated rings. The number of hydrogen-bond donors (Lipinski definition) is 2. The van der Waals surface area contributed by atoms with Crippen LogP contribution < -0.4 is 14.8 Å². The average Bonchev–Trinajstić information content (AvgIpc) is 2.72. The minimum Gasteiger partial charge on any atom is -0.503 e. The Morgan fingerprint density at radius 1 is 1.10 bits per heavy atom. The van der Waals surface area contributed by atoms with E-state index in [9.17, 15) is 19.1 Å². The molecule has 0 unspecified atom stereocenters. The number of benzene rings is 1. The van der Waals surface area contributed by atoms with E-state index >= 15 is 0 Å². The molecule has 0 saturated carbocycles. The van der Waals surface area contributed by atoms with Crippen LogP contribution in [0.1, 0.15) is 42.7 Å². The highest BCUT2D eigenvalue weighted by Crippen LogP contribution is 2.31. The smallest absolute Gasteiger partial charge is 0.328 e. The minimum atomic E-state index is -1.00. The molecule has 0 aliphatic rings. The lowest BCUT2D eigenvalue weighted by Crippen LogP contribution is -2.41. The lowest BCUT2D eigenvalue weighted by molar-refractivity contribution is -0.151. The third kappa shape index (κ3) is 5.16. The summed E-state index contributed by atoms with van der Waals surface area (Å²) < 4.78 is 29.0. The van der Waals surface area contributed by atoms with Crippen LogP contribution in [0.2, 0.25) is 0 Å². The van der Waals surface area contributed by atoms with Crippen LogP contribution in [0.15, 0.2) is 30.5 Å². The van der Waals surface area contributed by atoms with Crippen LogP contribution >= 0.6 is 0 Å². The van der Waals surface area contributed by atoms with Crippen molar-refractivity contribution in [1.82, 2.24) is 10.3 Å². The molecular formula is C21H25FN2O6. The van der Waals surface area contributed by atoms with E-state index in [1.807, 2.05) is 6.92 Å². The summed E-state index contributed by atoms with van der Waals surface area (Å²) in [5, 5.41) is 12.5. The number of rotatable bonds is 8. The van der Waals surface area contributed by atoms with Crippen LogP contribution in [0.25, 0.3) is 0 Å². The number of carbonyl (C=O) groups excluding carboxylic acids is 2. The van der Waals surface area contributed by atoms with E-state index in [0.29, 0.717) is 11.3 Å². The molecule has 8 nitrogen and oxygen atoms in total. The number of amides is 1. The summed E-state index contributed by atoms with van der Waals surface area (Å²) in [6.45, 7) is 4.96. The van der Waals surface area contributed by atoms with Gasteiger partial charge in [-0.3, -0.25) is 4.79 Å². The van der Waals surface area contributed by atoms with Crippen molar-refractivity contribution in [1.29, 1.82) is 0 Å². The van der Waals surface area contributed by atoms with Gasteiger partial charge in [0.1, 0.15) is 23.7 Å². The number of aromatic hydroxyl groups is 1. The van der Waals surface area contributed by atoms with E-state index in [-0.39, 0.29) is 17.4 Å². The number of pyridine rings is 1. The van der Waals surface area contributed by atoms with E-state index in [1.54, 1.807) is 13.0 Å². The first-order valence-corrected chi connectivity index (χ1v) is 9.26. The number of carbonyl (C=O) groups is 2. The first-order valence-electron chi connectivity index (χ1n) is 9.26. The molecule has 0 aliphatic carbocycles. The predicted molar refractivity (Wildman–Crippen MR) is 106 cm³/mol. The van der Waals surface area contributed by atoms with E-state index in [0.717, 1.165) is 0 Å². The van der Waals surface area contributed by atoms with Gasteiger partial charge in [-0.05, 0) is 19.9 Å². The van der Waals surface area contributed by atoms with E-state index in [1.165, 1.54) is 45.5 Å². The highest BCUT2D eigenvalue weighted by molar-refractivity contribution is 5.97. The molecule has 0 bridgehead atoms. The highest BCUT2D eigenvalue weighted by Gasteiger charge is 2.26. The molecule has 1 amide bonds. The highest BCUT2D eigenvalue weighted by atomic mass is 19.1. The molecule has 1 heterocycles. The molecule has 3 atom stereocenters. The molecule has 2 N–H and O–H groups in total. The number of methoxy groups -OCH3 is 2. The Hall–Kier alpha value is -3.36. The van der Waals surface area contributed by atoms with Crippen LogP contribution in [0, 0.1) is 5.82 Å². The molecule has 1 aromatic heterocycles. The van der Waals surface area contributed by atoms with Crippen molar-refractivity contribution in [2.45, 2.75) is 38.8 Å². The molecule has 2 aromatic rings. The van der Waals surface area contributed by atoms with Gasteiger partial charge in [0.25, 0.3) is 5.91 Å². The second-order valence-electron chi connectivity index (χ2n) is 6.72. The predicted octanol–water partition coefficient (Wildman–Crippen LogP) is 2.80. The van der Waals surface area contributed by atoms with Gasteiger partial charge in [-0.25, -0.2) is 14.2 Å². The first kappa shape index (κ1) is 22.9. The number of nitrogens with one attached hydrogen (secondary N) is 1. The third-order valence-corrected chi connectivity index (χ3v) is 4.72. The molecule has 0 spiro atoms. The Bertz CT molecular complexity index is 920. The number of hydrogen-bond acceptors (Lipinski definition) is 7. The van der Waals surface area contributed by atoms with Crippen molar-refractivity contribution >= 4 is 11.9 Å². The van der Waals surface area contributed by atoms with Gasteiger partial charge in [0.2, 0.25) is 0 Å². The molecule has 0 radical (unpaired) electrons. The molecule has 30 heavy (non-hydrogen) atoms. The number of ether oxygens (including phenoxy) is 3. The summed E-state index contributed by atoms with van der Waals surface area (Å²) in [5.41, 5.74) is 0.410. The molecule has 1 aromatic carbocycles. The fraction of sp³-hybridized carbons (Fsp3) is 0.381. The molecular weight excluding hydrogens is 395 g/mol. The minimum absolute atomic E-state index is 0.0843. The third-order valence-electron chi connectivity index (χ3n) is 4.72. The van der Waals surface area contributed by atoms with Gasteiger partial charge in [0.15, 0.2) is 17.2 Å². The first-order chi connectivity index (χ1) is 14.2. The monoisotopic (exact) mass is 420 g/mol. The van der Waals surface area contributed by atoms with Crippen molar-refractivity contribution in [2.75, 3.05) is 14.2 Å². The number of aromatic nitrogens is 1. The maximum Gasteiger partial charge on any atom is 0.328 e. The van der Waals surface area contributed by atoms with Gasteiger partial charge in [0.05, 0.1) is 14.2 Å². The van der Waals surface area contributed by atoms with Crippen LogP contribution in [-0.4, -0.2) is 48.3 Å². The maximum absolute atomic E-state index is 13.4. The van der Waals surface area contributed by atoms with Crippen molar-refractivity contribution in [2.24, 2.45) is 0 Å². The van der Waals surface area contributed by atoms with Crippen molar-refractivity contribution < 1.29 is 33.3 Å². The number of halogens is 1. The summed E-state index contributed by atoms with van der Waals surface area (Å²) in [6.07, 6.45) is 0.718. The summed E-state index contributed by atoms with van der Waals surface area (Å²) in [5.74, 6) is -2.14. The summed E-state index contributed by atoms with van der Waals surface area (Å²) in [6, 6.07) is 4.54. The van der Waals surface area contributed by atoms with Gasteiger partial charge in [-0.2, -0.15) is 0 Å². The van der Waals surface area contributed by atoms with Crippen LogP contribution in [0.4, 0.5) is 4.39 Å². The Morgan fingerprint density at radius 2 is 1.77 bits per heavy atom. The van der Waals surface area contributed by atoms with Crippen LogP contribution in [0.3, 0.4) is 0 Å². The summed E-state index contributed by atoms with van der Waals surface area (Å²) >= 11 is 0. The van der Waals surface area contributed by atoms with Crippen LogP contribution in [-0.2, 0) is 9.53 Å². The summed E-state index contributed by atoms with van der Waals surface area (Å²) in [7, 11) is 2.77. The zero-order valence-electron chi connectivity index (χ0n) is 17.4. The maximum atomic E-state index is 13.4. The molecule has 0 saturated heterocycles. The lowest BCUT2D eigenvalue weighted by atomic mass is 9.95. The zero-order valence-corrected chi connectivity index (χ0v) is 17.4. The zero-order chi connectivity index (χ0) is 22.4. The van der Waals surface area contributed by atoms with Gasteiger partial charge in [0, 0.05) is 29.8 Å². The normalized spacial score (nSPS) is 13.7. The van der Waals surface area contributed by atoms with Crippen molar-refractivity contribution in [3.63, 3.8) is 0 Å². The largest absolute Gasteiger partial charge is 0.503 e. The molecule has 2 rings (SSSR count). The Kier molecular flexibility index (Phi) is 7.57. The Balaban J connectivity index is 2.04. The average molecular weight is 420 g/mol. The molecule has 9 heteroatoms. The van der Waals surface area contributed by atoms with E-state index in [4.69, 9.17) is 14.2 Å². The Labute approximate surface area is 174 Å². The quantitative estimate of drug-likeness (QED) is 0.633. The fourth-order valence-electron chi connectivity index (χ4n) is 2.79. The standard InChI is InChI=1S/C21H25FN2O6/c1-11(15-7-6-14(22)10-17(15)29-5)13(3)30-21(27)12(2)24-20(26)18-19(25)16(28-4)8-9-23-18/h6-13,25H,1-5H3,(H,24,26)/t11-,12-,13+/m0/s1.